The maximum absolute atomic E-state index is 5.28. The third-order valence-electron chi connectivity index (χ3n) is 13.0. The van der Waals surface area contributed by atoms with Crippen LogP contribution in [0.15, 0.2) is 259 Å². The molecule has 0 amide bonds. The zero-order valence-electron chi connectivity index (χ0n) is 36.7. The van der Waals surface area contributed by atoms with Gasteiger partial charge in [0, 0.05) is 33.2 Å². The van der Waals surface area contributed by atoms with Crippen molar-refractivity contribution in [3.8, 4) is 5.69 Å². The van der Waals surface area contributed by atoms with Crippen LogP contribution >= 0.6 is 0 Å². The average molecular weight is 860 g/mol. The van der Waals surface area contributed by atoms with Crippen LogP contribution in [0.5, 0.6) is 0 Å². The predicted molar refractivity (Wildman–Crippen MR) is 278 cm³/mol. The quantitative estimate of drug-likeness (QED) is 0.152. The van der Waals surface area contributed by atoms with Crippen LogP contribution in [-0.4, -0.2) is 16.2 Å². The molecule has 10 aromatic rings. The summed E-state index contributed by atoms with van der Waals surface area (Å²) in [5.41, 5.74) is 16.8. The van der Waals surface area contributed by atoms with Crippen molar-refractivity contribution in [2.75, 3.05) is 0 Å². The summed E-state index contributed by atoms with van der Waals surface area (Å²) in [5, 5.41) is 10.3. The molecule has 2 unspecified atom stereocenters. The van der Waals surface area contributed by atoms with Gasteiger partial charge in [-0.3, -0.25) is 0 Å². The first kappa shape index (κ1) is 39.8. The average Bonchev–Trinajstić information content (AvgIpc) is 3.76. The molecule has 0 radical (unpaired) electrons. The minimum absolute atomic E-state index is 0.130. The molecule has 67 heavy (non-hydrogen) atoms. The lowest BCUT2D eigenvalue weighted by Gasteiger charge is -2.36. The van der Waals surface area contributed by atoms with Gasteiger partial charge in [0.2, 0.25) is 0 Å². The molecule has 0 fully saturated rings. The minimum Gasteiger partial charge on any atom is -0.373 e. The van der Waals surface area contributed by atoms with Crippen molar-refractivity contribution < 1.29 is 0 Å². The van der Waals surface area contributed by atoms with Crippen LogP contribution < -0.4 is 10.6 Å². The van der Waals surface area contributed by atoms with Gasteiger partial charge in [-0.2, -0.15) is 0 Å². The Balaban J connectivity index is 0.995. The van der Waals surface area contributed by atoms with Gasteiger partial charge in [0.15, 0.2) is 5.84 Å². The van der Waals surface area contributed by atoms with E-state index in [1.807, 2.05) is 6.07 Å². The highest BCUT2D eigenvalue weighted by Gasteiger charge is 2.33. The Morgan fingerprint density at radius 1 is 0.358 bits per heavy atom. The molecule has 2 N–H and O–H groups in total. The number of benzene rings is 9. The van der Waals surface area contributed by atoms with Crippen molar-refractivity contribution in [1.29, 1.82) is 0 Å². The molecule has 5 nitrogen and oxygen atoms in total. The molecular weight excluding hydrogens is 815 g/mol. The van der Waals surface area contributed by atoms with E-state index in [1.54, 1.807) is 0 Å². The largest absolute Gasteiger partial charge is 0.373 e. The van der Waals surface area contributed by atoms with Crippen molar-refractivity contribution in [3.05, 3.63) is 293 Å². The van der Waals surface area contributed by atoms with E-state index in [4.69, 9.17) is 9.98 Å². The van der Waals surface area contributed by atoms with Gasteiger partial charge in [0.05, 0.1) is 22.8 Å². The summed E-state index contributed by atoms with van der Waals surface area (Å²) < 4.78 is 2.34. The lowest BCUT2D eigenvalue weighted by molar-refractivity contribution is 0.674. The number of amidine groups is 2. The molecule has 0 saturated carbocycles. The fraction of sp³-hybridized carbons (Fsp3) is 0.0323. The van der Waals surface area contributed by atoms with E-state index in [-0.39, 0.29) is 12.2 Å². The molecule has 0 bridgehead atoms. The van der Waals surface area contributed by atoms with E-state index >= 15 is 0 Å². The SMILES string of the molecule is c1ccc(C2=C(c3ccccc3)C(c3ccc(C4=NC(c5ccccc5)NC(c5ccc(-n6c7ccccc7c7ccccc76)cc5)=N4)cc3)=C(c3ccccc3)C(c3ccccc3)N2)cc1. The Morgan fingerprint density at radius 3 is 1.42 bits per heavy atom. The van der Waals surface area contributed by atoms with E-state index in [1.165, 1.54) is 38.5 Å². The Hall–Kier alpha value is -8.80. The van der Waals surface area contributed by atoms with Crippen molar-refractivity contribution in [2.45, 2.75) is 12.2 Å². The topological polar surface area (TPSA) is 53.7 Å². The van der Waals surface area contributed by atoms with Gasteiger partial charge in [-0.1, -0.05) is 212 Å². The molecular formula is C62H45N5. The number of fused-ring (bicyclic) bond motifs is 3. The van der Waals surface area contributed by atoms with Gasteiger partial charge in [0.1, 0.15) is 12.0 Å². The maximum Gasteiger partial charge on any atom is 0.159 e. The molecule has 5 heteroatoms. The molecule has 9 aromatic carbocycles. The number of para-hydroxylation sites is 2. The molecule has 318 valence electrons. The van der Waals surface area contributed by atoms with Gasteiger partial charge in [-0.25, -0.2) is 9.98 Å². The molecule has 0 spiro atoms. The molecule has 12 rings (SSSR count). The number of hydrogen-bond acceptors (Lipinski definition) is 4. The first-order valence-electron chi connectivity index (χ1n) is 22.9. The van der Waals surface area contributed by atoms with Crippen LogP contribution in [-0.2, 0) is 0 Å². The second-order valence-corrected chi connectivity index (χ2v) is 17.0. The van der Waals surface area contributed by atoms with Crippen molar-refractivity contribution in [3.63, 3.8) is 0 Å². The predicted octanol–water partition coefficient (Wildman–Crippen LogP) is 14.1. The van der Waals surface area contributed by atoms with E-state index in [9.17, 15) is 0 Å². The van der Waals surface area contributed by atoms with E-state index in [0.29, 0.717) is 5.84 Å². The van der Waals surface area contributed by atoms with Gasteiger partial charge in [-0.05, 0) is 80.9 Å². The van der Waals surface area contributed by atoms with E-state index in [0.717, 1.165) is 61.7 Å². The fourth-order valence-corrected chi connectivity index (χ4v) is 9.83. The van der Waals surface area contributed by atoms with Crippen LogP contribution in [0, 0.1) is 0 Å². The summed E-state index contributed by atoms with van der Waals surface area (Å²) in [4.78, 5) is 10.6. The monoisotopic (exact) mass is 859 g/mol. The minimum atomic E-state index is -0.329. The van der Waals surface area contributed by atoms with Crippen LogP contribution in [0.25, 0.3) is 49.9 Å². The van der Waals surface area contributed by atoms with Crippen molar-refractivity contribution in [2.24, 2.45) is 9.98 Å². The molecule has 1 aromatic heterocycles. The maximum atomic E-state index is 5.28. The summed E-state index contributed by atoms with van der Waals surface area (Å²) >= 11 is 0. The summed E-state index contributed by atoms with van der Waals surface area (Å²) in [6.45, 7) is 0. The first-order chi connectivity index (χ1) is 33.2. The number of rotatable bonds is 9. The summed E-state index contributed by atoms with van der Waals surface area (Å²) in [6.07, 6.45) is -0.329. The molecule has 2 aliphatic heterocycles. The number of nitrogens with zero attached hydrogens (tertiary/aromatic N) is 3. The fourth-order valence-electron chi connectivity index (χ4n) is 9.83. The number of aliphatic imine (C=N–C) groups is 2. The zero-order valence-corrected chi connectivity index (χ0v) is 36.7. The second kappa shape index (κ2) is 17.3. The highest BCUT2D eigenvalue weighted by atomic mass is 15.2. The number of nitrogens with one attached hydrogen (secondary N) is 2. The zero-order chi connectivity index (χ0) is 44.5. The van der Waals surface area contributed by atoms with Crippen molar-refractivity contribution >= 4 is 55.9 Å². The summed E-state index contributed by atoms with van der Waals surface area (Å²) in [7, 11) is 0. The number of allylic oxidation sites excluding steroid dienone is 2. The third kappa shape index (κ3) is 7.43. The van der Waals surface area contributed by atoms with E-state index < -0.39 is 0 Å². The first-order valence-corrected chi connectivity index (χ1v) is 22.9. The van der Waals surface area contributed by atoms with Crippen LogP contribution in [0.4, 0.5) is 0 Å². The molecule has 2 aliphatic rings. The molecule has 2 atom stereocenters. The Bertz CT molecular complexity index is 3460. The standard InChI is InChI=1S/C62H45N5/c1-6-20-42(21-7-1)56-55(57(43-22-8-2-9-23-43)59(46-26-12-4-13-27-46)63-58(56)45-24-10-3-11-25-45)44-34-36-48(37-35-44)61-64-60(47-28-14-5-15-29-47)65-62(66-61)49-38-40-50(41-39-49)67-53-32-18-16-30-51(53)52-31-17-19-33-54(52)67/h1-41,58,60,63H,(H,64,65,66). The molecule has 3 heterocycles. The molecule has 0 saturated heterocycles. The van der Waals surface area contributed by atoms with Gasteiger partial charge in [0.25, 0.3) is 0 Å². The van der Waals surface area contributed by atoms with Gasteiger partial charge < -0.3 is 15.2 Å². The van der Waals surface area contributed by atoms with Crippen LogP contribution in [0.3, 0.4) is 0 Å². The lowest BCUT2D eigenvalue weighted by atomic mass is 9.77. The second-order valence-electron chi connectivity index (χ2n) is 17.0. The Kier molecular flexibility index (Phi) is 10.3. The summed E-state index contributed by atoms with van der Waals surface area (Å²) in [6, 6.07) is 88.2. The van der Waals surface area contributed by atoms with Crippen LogP contribution in [0.2, 0.25) is 0 Å². The van der Waals surface area contributed by atoms with Gasteiger partial charge >= 0.3 is 0 Å². The van der Waals surface area contributed by atoms with Crippen molar-refractivity contribution in [1.82, 2.24) is 15.2 Å². The highest BCUT2D eigenvalue weighted by Crippen LogP contribution is 2.50. The van der Waals surface area contributed by atoms with Crippen LogP contribution in [0.1, 0.15) is 56.7 Å². The Labute approximate surface area is 390 Å². The van der Waals surface area contributed by atoms with Gasteiger partial charge in [-0.15, -0.1) is 0 Å². The van der Waals surface area contributed by atoms with E-state index in [2.05, 4.69) is 258 Å². The highest BCUT2D eigenvalue weighted by molar-refractivity contribution is 6.24. The lowest BCUT2D eigenvalue weighted by Crippen LogP contribution is -2.33. The normalized spacial score (nSPS) is 16.1. The third-order valence-corrected chi connectivity index (χ3v) is 13.0. The Morgan fingerprint density at radius 2 is 0.821 bits per heavy atom. The number of hydrogen-bond donors (Lipinski definition) is 2. The number of dihydropyridines is 1. The number of aromatic nitrogens is 1. The smallest absolute Gasteiger partial charge is 0.159 e. The summed E-state index contributed by atoms with van der Waals surface area (Å²) in [5.74, 6) is 1.45. The molecule has 0 aliphatic carbocycles.